The van der Waals surface area contributed by atoms with Gasteiger partial charge in [-0.15, -0.1) is 11.3 Å². The molecule has 0 aliphatic carbocycles. The molecule has 0 saturated carbocycles. The first-order valence-corrected chi connectivity index (χ1v) is 9.67. The van der Waals surface area contributed by atoms with Crippen LogP contribution in [0.2, 0.25) is 0 Å². The van der Waals surface area contributed by atoms with Crippen molar-refractivity contribution in [3.63, 3.8) is 0 Å². The zero-order chi connectivity index (χ0) is 17.6. The number of rotatable bonds is 4. The second-order valence-electron chi connectivity index (χ2n) is 5.85. The average molecular weight is 375 g/mol. The van der Waals surface area contributed by atoms with Crippen LogP contribution in [-0.2, 0) is 0 Å². The summed E-state index contributed by atoms with van der Waals surface area (Å²) in [4.78, 5) is 17.5. The highest BCUT2D eigenvalue weighted by Gasteiger charge is 2.15. The van der Waals surface area contributed by atoms with Crippen LogP contribution in [0.1, 0.15) is 16.6 Å². The number of nitrogens with one attached hydrogen (secondary N) is 2. The Labute approximate surface area is 157 Å². The van der Waals surface area contributed by atoms with E-state index in [1.807, 2.05) is 23.6 Å². The lowest BCUT2D eigenvalue weighted by Crippen LogP contribution is -2.46. The molecule has 1 aliphatic rings. The van der Waals surface area contributed by atoms with Crippen LogP contribution in [0.4, 0.5) is 11.4 Å². The molecule has 1 aromatic heterocycles. The molecule has 1 aliphatic heterocycles. The maximum absolute atomic E-state index is 12.0. The van der Waals surface area contributed by atoms with Crippen molar-refractivity contribution in [2.24, 2.45) is 0 Å². The fraction of sp³-hybridized carbons (Fsp3) is 0.333. The minimum absolute atomic E-state index is 0.182. The molecular formula is C18H22N4OS2. The van der Waals surface area contributed by atoms with Crippen LogP contribution in [-0.4, -0.2) is 48.6 Å². The zero-order valence-corrected chi connectivity index (χ0v) is 15.8. The first-order valence-electron chi connectivity index (χ1n) is 8.39. The number of benzene rings is 1. The summed E-state index contributed by atoms with van der Waals surface area (Å²) >= 11 is 6.61. The second-order valence-corrected chi connectivity index (χ2v) is 7.21. The van der Waals surface area contributed by atoms with Crippen molar-refractivity contribution in [3.05, 3.63) is 46.7 Å². The number of hydrogen-bond donors (Lipinski definition) is 2. The van der Waals surface area contributed by atoms with Gasteiger partial charge in [0.05, 0.1) is 4.88 Å². The van der Waals surface area contributed by atoms with Gasteiger partial charge in [-0.05, 0) is 54.5 Å². The van der Waals surface area contributed by atoms with Gasteiger partial charge in [-0.2, -0.15) is 0 Å². The van der Waals surface area contributed by atoms with Crippen molar-refractivity contribution in [1.29, 1.82) is 0 Å². The van der Waals surface area contributed by atoms with Crippen molar-refractivity contribution in [3.8, 4) is 0 Å². The molecule has 0 bridgehead atoms. The number of thiophene rings is 1. The highest BCUT2D eigenvalue weighted by atomic mass is 32.1. The number of carbonyl (C=O) groups excluding carboxylic acids is 1. The van der Waals surface area contributed by atoms with E-state index in [0.29, 0.717) is 9.99 Å². The molecule has 0 spiro atoms. The van der Waals surface area contributed by atoms with Crippen molar-refractivity contribution in [2.75, 3.05) is 42.9 Å². The lowest BCUT2D eigenvalue weighted by Gasteiger charge is -2.35. The van der Waals surface area contributed by atoms with Crippen molar-refractivity contribution < 1.29 is 4.79 Å². The van der Waals surface area contributed by atoms with E-state index >= 15 is 0 Å². The Morgan fingerprint density at radius 1 is 1.16 bits per heavy atom. The van der Waals surface area contributed by atoms with Gasteiger partial charge in [0.1, 0.15) is 0 Å². The number of hydrogen-bond acceptors (Lipinski definition) is 5. The van der Waals surface area contributed by atoms with E-state index in [4.69, 9.17) is 12.2 Å². The lowest BCUT2D eigenvalue weighted by atomic mass is 10.2. The number of nitrogens with zero attached hydrogens (tertiary/aromatic N) is 2. The second kappa shape index (κ2) is 8.42. The average Bonchev–Trinajstić information content (AvgIpc) is 3.17. The molecule has 1 aromatic carbocycles. The largest absolute Gasteiger partial charge is 0.369 e. The van der Waals surface area contributed by atoms with Gasteiger partial charge in [-0.3, -0.25) is 10.1 Å². The molecule has 1 fully saturated rings. The van der Waals surface area contributed by atoms with Gasteiger partial charge in [-0.25, -0.2) is 0 Å². The Bertz CT molecular complexity index is 707. The summed E-state index contributed by atoms with van der Waals surface area (Å²) in [5, 5.41) is 7.93. The zero-order valence-electron chi connectivity index (χ0n) is 14.2. The van der Waals surface area contributed by atoms with E-state index in [9.17, 15) is 4.79 Å². The monoisotopic (exact) mass is 374 g/mol. The third-order valence-corrected chi connectivity index (χ3v) is 5.35. The van der Waals surface area contributed by atoms with E-state index in [1.54, 1.807) is 6.07 Å². The minimum atomic E-state index is -0.182. The summed E-state index contributed by atoms with van der Waals surface area (Å²) < 4.78 is 0. The van der Waals surface area contributed by atoms with Gasteiger partial charge in [0.2, 0.25) is 0 Å². The normalized spacial score (nSPS) is 15.0. The van der Waals surface area contributed by atoms with E-state index in [2.05, 4.69) is 39.5 Å². The fourth-order valence-electron chi connectivity index (χ4n) is 2.81. The topological polar surface area (TPSA) is 47.6 Å². The molecule has 3 rings (SSSR count). The van der Waals surface area contributed by atoms with Crippen molar-refractivity contribution in [1.82, 2.24) is 10.2 Å². The smallest absolute Gasteiger partial charge is 0.267 e. The molecule has 2 N–H and O–H groups in total. The number of amides is 1. The van der Waals surface area contributed by atoms with Gasteiger partial charge < -0.3 is 15.1 Å². The number of anilines is 2. The highest BCUT2D eigenvalue weighted by Crippen LogP contribution is 2.19. The van der Waals surface area contributed by atoms with Crippen LogP contribution >= 0.6 is 23.6 Å². The van der Waals surface area contributed by atoms with Crippen LogP contribution in [0, 0.1) is 0 Å². The van der Waals surface area contributed by atoms with E-state index in [0.717, 1.165) is 38.4 Å². The van der Waals surface area contributed by atoms with Gasteiger partial charge in [0, 0.05) is 37.6 Å². The molecule has 132 valence electrons. The molecule has 0 unspecified atom stereocenters. The van der Waals surface area contributed by atoms with E-state index < -0.39 is 0 Å². The third-order valence-electron chi connectivity index (χ3n) is 4.28. The Hall–Kier alpha value is -1.96. The predicted molar refractivity (Wildman–Crippen MR) is 109 cm³/mol. The quantitative estimate of drug-likeness (QED) is 0.806. The Morgan fingerprint density at radius 3 is 2.48 bits per heavy atom. The summed E-state index contributed by atoms with van der Waals surface area (Å²) in [6.45, 7) is 7.64. The van der Waals surface area contributed by atoms with Gasteiger partial charge in [0.25, 0.3) is 5.91 Å². The van der Waals surface area contributed by atoms with Crippen molar-refractivity contribution >= 4 is 45.9 Å². The Balaban J connectivity index is 1.52. The molecule has 0 radical (unpaired) electrons. The predicted octanol–water partition coefficient (Wildman–Crippen LogP) is 3.02. The minimum Gasteiger partial charge on any atom is -0.369 e. The molecule has 2 aromatic rings. The standard InChI is InChI=1S/C18H22N4OS2/c1-2-21-9-11-22(12-10-21)15-7-5-14(6-8-15)19-18(24)20-17(23)16-4-3-13-25-16/h3-8,13H,2,9-12H2,1H3,(H2,19,20,23,24). The summed E-state index contributed by atoms with van der Waals surface area (Å²) in [7, 11) is 0. The first kappa shape index (κ1) is 17.8. The summed E-state index contributed by atoms with van der Waals surface area (Å²) in [5.41, 5.74) is 2.09. The number of carbonyl (C=O) groups is 1. The van der Waals surface area contributed by atoms with Crippen LogP contribution in [0.25, 0.3) is 0 Å². The molecule has 2 heterocycles. The van der Waals surface area contributed by atoms with E-state index in [1.165, 1.54) is 17.0 Å². The number of piperazine rings is 1. The Kier molecular flexibility index (Phi) is 6.01. The molecule has 1 saturated heterocycles. The molecule has 1 amide bonds. The fourth-order valence-corrected chi connectivity index (χ4v) is 3.64. The molecule has 25 heavy (non-hydrogen) atoms. The lowest BCUT2D eigenvalue weighted by molar-refractivity contribution is 0.0981. The maximum atomic E-state index is 12.0. The third kappa shape index (κ3) is 4.78. The number of thiocarbonyl (C=S) groups is 1. The van der Waals surface area contributed by atoms with Crippen LogP contribution < -0.4 is 15.5 Å². The molecule has 5 nitrogen and oxygen atoms in total. The first-order chi connectivity index (χ1) is 12.2. The summed E-state index contributed by atoms with van der Waals surface area (Å²) in [6.07, 6.45) is 0. The molecule has 7 heteroatoms. The Morgan fingerprint density at radius 2 is 1.88 bits per heavy atom. The molecular weight excluding hydrogens is 352 g/mol. The van der Waals surface area contributed by atoms with Crippen LogP contribution in [0.15, 0.2) is 41.8 Å². The van der Waals surface area contributed by atoms with Gasteiger partial charge in [0.15, 0.2) is 5.11 Å². The van der Waals surface area contributed by atoms with Crippen LogP contribution in [0.3, 0.4) is 0 Å². The van der Waals surface area contributed by atoms with E-state index in [-0.39, 0.29) is 5.91 Å². The summed E-state index contributed by atoms with van der Waals surface area (Å²) in [5.74, 6) is -0.182. The highest BCUT2D eigenvalue weighted by molar-refractivity contribution is 7.80. The SMILES string of the molecule is CCN1CCN(c2ccc(NC(=S)NC(=O)c3cccs3)cc2)CC1. The number of likely N-dealkylation sites (N-methyl/N-ethyl adjacent to an activating group) is 1. The molecule has 0 atom stereocenters. The van der Waals surface area contributed by atoms with Crippen LogP contribution in [0.5, 0.6) is 0 Å². The van der Waals surface area contributed by atoms with Gasteiger partial charge in [-0.1, -0.05) is 13.0 Å². The van der Waals surface area contributed by atoms with Gasteiger partial charge >= 0.3 is 0 Å². The summed E-state index contributed by atoms with van der Waals surface area (Å²) in [6, 6.07) is 11.8. The van der Waals surface area contributed by atoms with Crippen molar-refractivity contribution in [2.45, 2.75) is 6.92 Å². The maximum Gasteiger partial charge on any atom is 0.267 e.